The Hall–Kier alpha value is -3.73. The average Bonchev–Trinajstić information content (AvgIpc) is 3.50. The number of halogens is 1. The molecule has 7 rings (SSSR count). The first kappa shape index (κ1) is 43.4. The van der Waals surface area contributed by atoms with E-state index in [1.165, 1.54) is 55.5 Å². The fourth-order valence-corrected chi connectivity index (χ4v) is 10.4. The summed E-state index contributed by atoms with van der Waals surface area (Å²) in [7, 11) is 0. The Bertz CT molecular complexity index is 2170. The number of rotatable bonds is 14. The molecule has 4 aromatic carbocycles. The van der Waals surface area contributed by atoms with E-state index in [-0.39, 0.29) is 17.6 Å². The van der Waals surface area contributed by atoms with Crippen molar-refractivity contribution in [1.82, 2.24) is 9.47 Å². The maximum atomic E-state index is 9.95. The first-order chi connectivity index (χ1) is 28.3. The number of likely N-dealkylation sites (tertiary alicyclic amines) is 1. The number of piperazine rings is 1. The largest absolute Gasteiger partial charge is 0.393 e. The molecule has 5 aromatic rings. The predicted molar refractivity (Wildman–Crippen MR) is 258 cm³/mol. The van der Waals surface area contributed by atoms with Gasteiger partial charge in [-0.2, -0.15) is 12.6 Å². The van der Waals surface area contributed by atoms with Gasteiger partial charge in [-0.15, -0.1) is 0 Å². The summed E-state index contributed by atoms with van der Waals surface area (Å²) in [4.78, 5) is 8.69. The number of aliphatic hydroxyl groups excluding tert-OH is 1. The van der Waals surface area contributed by atoms with Gasteiger partial charge in [-0.1, -0.05) is 49.7 Å². The van der Waals surface area contributed by atoms with Gasteiger partial charge in [0.25, 0.3) is 0 Å². The minimum Gasteiger partial charge on any atom is -0.393 e. The lowest BCUT2D eigenvalue weighted by molar-refractivity contribution is 0.0607. The quantitative estimate of drug-likeness (QED) is 0.0656. The van der Waals surface area contributed by atoms with Crippen LogP contribution in [0.15, 0.2) is 95.9 Å². The molecule has 2 aliphatic heterocycles. The summed E-state index contributed by atoms with van der Waals surface area (Å²) in [5.74, 6) is 0.751. The molecule has 59 heavy (non-hydrogen) atoms. The van der Waals surface area contributed by atoms with Gasteiger partial charge in [0.2, 0.25) is 0 Å². The number of aromatic nitrogens is 1. The Kier molecular flexibility index (Phi) is 13.9. The van der Waals surface area contributed by atoms with Gasteiger partial charge in [0, 0.05) is 108 Å². The number of aliphatic hydroxyl groups is 1. The summed E-state index contributed by atoms with van der Waals surface area (Å²) in [5, 5.41) is 14.5. The first-order valence-corrected chi connectivity index (χ1v) is 23.1. The van der Waals surface area contributed by atoms with Gasteiger partial charge in [0.05, 0.1) is 11.8 Å². The second kappa shape index (κ2) is 18.9. The van der Waals surface area contributed by atoms with Crippen LogP contribution < -0.4 is 19.8 Å². The molecule has 2 aliphatic rings. The van der Waals surface area contributed by atoms with E-state index in [1.807, 2.05) is 12.1 Å². The zero-order valence-corrected chi connectivity index (χ0v) is 38.4. The molecule has 0 radical (unpaired) electrons. The maximum Gasteiger partial charge on any atom is 0.0567 e. The van der Waals surface area contributed by atoms with Crippen molar-refractivity contribution in [2.24, 2.45) is 5.41 Å². The topological polar surface area (TPSA) is 58.9 Å². The molecule has 10 heteroatoms. The molecule has 0 saturated carbocycles. The molecule has 7 nitrogen and oxygen atoms in total. The van der Waals surface area contributed by atoms with E-state index in [4.69, 9.17) is 24.2 Å². The van der Waals surface area contributed by atoms with E-state index < -0.39 is 0 Å². The molecule has 3 N–H and O–H groups in total. The molecular formula is C49H63ClN6OS2. The number of nitrogens with one attached hydrogen (secondary N) is 2. The number of aryl methyl sites for hydroxylation is 1. The van der Waals surface area contributed by atoms with Crippen molar-refractivity contribution in [2.75, 3.05) is 71.4 Å². The summed E-state index contributed by atoms with van der Waals surface area (Å²) in [6.07, 6.45) is 1.58. The second-order valence-corrected chi connectivity index (χ2v) is 19.2. The minimum atomic E-state index is -0.148. The van der Waals surface area contributed by atoms with Crippen molar-refractivity contribution < 1.29 is 5.11 Å². The Morgan fingerprint density at radius 2 is 1.47 bits per heavy atom. The number of thiol groups is 1. The van der Waals surface area contributed by atoms with E-state index in [0.29, 0.717) is 6.04 Å². The number of benzene rings is 4. The van der Waals surface area contributed by atoms with Gasteiger partial charge in [-0.3, -0.25) is 0 Å². The molecule has 1 unspecified atom stereocenters. The summed E-state index contributed by atoms with van der Waals surface area (Å²) < 4.78 is 6.04. The number of piperidine rings is 1. The summed E-state index contributed by atoms with van der Waals surface area (Å²) in [6, 6.07) is 33.5. The highest BCUT2D eigenvalue weighted by Gasteiger charge is 2.32. The zero-order valence-electron chi connectivity index (χ0n) is 35.9. The molecule has 0 aliphatic carbocycles. The molecule has 2 fully saturated rings. The third kappa shape index (κ3) is 10.1. The first-order valence-electron chi connectivity index (χ1n) is 21.3. The molecule has 0 bridgehead atoms. The molecular weight excluding hydrogens is 788 g/mol. The van der Waals surface area contributed by atoms with Crippen LogP contribution in [0, 0.1) is 26.2 Å². The highest BCUT2D eigenvalue weighted by Crippen LogP contribution is 2.42. The molecule has 314 valence electrons. The van der Waals surface area contributed by atoms with Crippen LogP contribution in [-0.4, -0.2) is 78.3 Å². The van der Waals surface area contributed by atoms with Crippen LogP contribution in [0.1, 0.15) is 63.4 Å². The van der Waals surface area contributed by atoms with Crippen LogP contribution in [0.25, 0.3) is 22.4 Å². The number of nitrogens with zero attached hydrogens (tertiary/aromatic N) is 4. The van der Waals surface area contributed by atoms with Gasteiger partial charge in [-0.25, -0.2) is 0 Å². The fourth-order valence-electron chi connectivity index (χ4n) is 8.96. The van der Waals surface area contributed by atoms with E-state index in [0.717, 1.165) is 80.8 Å². The van der Waals surface area contributed by atoms with E-state index in [2.05, 4.69) is 157 Å². The molecule has 3 heterocycles. The number of hydrogen-bond acceptors (Lipinski definition) is 8. The highest BCUT2D eigenvalue weighted by atomic mass is 35.5. The van der Waals surface area contributed by atoms with Gasteiger partial charge < -0.3 is 34.4 Å². The van der Waals surface area contributed by atoms with Crippen LogP contribution >= 0.6 is 36.2 Å². The Morgan fingerprint density at radius 1 is 0.814 bits per heavy atom. The standard InChI is InChI=1S/C49H63ClN6OS2/c1-33(2)56-36(5)35(4)47(48(56)37-11-13-39(50)14-12-37)38-9-8-10-42(30-38)55-27-25-54(26-28-55)41-17-15-40(16-18-41)52-59-44-19-20-45(34(3)29-44)51-46(31-58)49(6,7)32-53-23-21-43(57)22-24-53/h8-20,29-30,33,43,46,51-52,57-58H,21-28,31-32H2,1-7H3. The molecule has 2 saturated heterocycles. The van der Waals surface area contributed by atoms with Crippen molar-refractivity contribution >= 4 is 58.9 Å². The average molecular weight is 852 g/mol. The van der Waals surface area contributed by atoms with Gasteiger partial charge in [0.15, 0.2) is 0 Å². The van der Waals surface area contributed by atoms with Crippen LogP contribution in [0.3, 0.4) is 0 Å². The van der Waals surface area contributed by atoms with Crippen molar-refractivity contribution in [2.45, 2.75) is 84.4 Å². The normalized spacial score (nSPS) is 16.2. The van der Waals surface area contributed by atoms with E-state index in [9.17, 15) is 5.11 Å². The lowest BCUT2D eigenvalue weighted by Gasteiger charge is -2.41. The van der Waals surface area contributed by atoms with Crippen LogP contribution in [-0.2, 0) is 0 Å². The van der Waals surface area contributed by atoms with Gasteiger partial charge in [0.1, 0.15) is 0 Å². The van der Waals surface area contributed by atoms with E-state index >= 15 is 0 Å². The molecule has 1 atom stereocenters. The van der Waals surface area contributed by atoms with Crippen LogP contribution in [0.4, 0.5) is 22.7 Å². The minimum absolute atomic E-state index is 0.0291. The molecule has 0 amide bonds. The zero-order chi connectivity index (χ0) is 41.8. The number of hydrogen-bond donors (Lipinski definition) is 4. The number of anilines is 4. The third-order valence-corrected chi connectivity index (χ3v) is 14.0. The van der Waals surface area contributed by atoms with Crippen LogP contribution in [0.5, 0.6) is 0 Å². The van der Waals surface area contributed by atoms with Crippen molar-refractivity contribution in [3.8, 4) is 22.4 Å². The van der Waals surface area contributed by atoms with Crippen LogP contribution in [0.2, 0.25) is 5.02 Å². The maximum absolute atomic E-state index is 9.95. The Balaban J connectivity index is 0.942. The van der Waals surface area contributed by atoms with Gasteiger partial charge in [-0.05, 0) is 154 Å². The third-order valence-electron chi connectivity index (χ3n) is 12.5. The SMILES string of the molecule is Cc1cc(SNc2ccc(N3CCN(c4cccc(-c5c(C)c(C)n(C(C)C)c5-c5ccc(Cl)cc5)c4)CC3)cc2)ccc1NC(CS)C(C)(C)CN1CCC(O)CC1. The molecule has 1 aromatic heterocycles. The summed E-state index contributed by atoms with van der Waals surface area (Å²) >= 11 is 12.7. The predicted octanol–water partition coefficient (Wildman–Crippen LogP) is 11.6. The second-order valence-electron chi connectivity index (χ2n) is 17.5. The van der Waals surface area contributed by atoms with Crippen molar-refractivity contribution in [3.63, 3.8) is 0 Å². The summed E-state index contributed by atoms with van der Waals surface area (Å²) in [6.45, 7) is 22.6. The fraction of sp³-hybridized carbons (Fsp3) is 0.429. The summed E-state index contributed by atoms with van der Waals surface area (Å²) in [5.41, 5.74) is 13.7. The highest BCUT2D eigenvalue weighted by molar-refractivity contribution is 8.00. The lowest BCUT2D eigenvalue weighted by atomic mass is 9.83. The van der Waals surface area contributed by atoms with Gasteiger partial charge >= 0.3 is 0 Å². The Morgan fingerprint density at radius 3 is 2.10 bits per heavy atom. The van der Waals surface area contributed by atoms with Crippen molar-refractivity contribution in [1.29, 1.82) is 0 Å². The monoisotopic (exact) mass is 850 g/mol. The van der Waals surface area contributed by atoms with Crippen molar-refractivity contribution in [3.05, 3.63) is 113 Å². The molecule has 0 spiro atoms. The van der Waals surface area contributed by atoms with E-state index in [1.54, 1.807) is 11.9 Å². The Labute approximate surface area is 368 Å². The smallest absolute Gasteiger partial charge is 0.0567 e. The lowest BCUT2D eigenvalue weighted by Crippen LogP contribution is -2.48.